The highest BCUT2D eigenvalue weighted by atomic mass is 32.2. The van der Waals surface area contributed by atoms with Gasteiger partial charge in [0, 0.05) is 46.5 Å². The van der Waals surface area contributed by atoms with Crippen molar-refractivity contribution in [3.8, 4) is 0 Å². The maximum Gasteiger partial charge on any atom is 0.410 e. The van der Waals surface area contributed by atoms with E-state index in [1.165, 1.54) is 19.0 Å². The molecular formula is C15H24N4O6S. The molecular weight excluding hydrogens is 364 g/mol. The molecule has 0 aliphatic carbocycles. The number of rotatable bonds is 2. The molecule has 0 N–H and O–H groups in total. The second-order valence-electron chi connectivity index (χ2n) is 7.12. The van der Waals surface area contributed by atoms with Crippen LogP contribution in [0.25, 0.3) is 0 Å². The van der Waals surface area contributed by atoms with E-state index >= 15 is 0 Å². The summed E-state index contributed by atoms with van der Waals surface area (Å²) >= 11 is 0. The Hall–Kier alpha value is -2.14. The topological polar surface area (TPSA) is 111 Å². The predicted molar refractivity (Wildman–Crippen MR) is 93.5 cm³/mol. The molecule has 1 saturated heterocycles. The molecule has 146 valence electrons. The first kappa shape index (κ1) is 20.2. The number of aryl methyl sites for hydroxylation is 1. The Morgan fingerprint density at radius 3 is 2.12 bits per heavy atom. The third kappa shape index (κ3) is 3.98. The lowest BCUT2D eigenvalue weighted by atomic mass is 10.2. The summed E-state index contributed by atoms with van der Waals surface area (Å²) < 4.78 is 33.8. The van der Waals surface area contributed by atoms with Crippen LogP contribution in [0.1, 0.15) is 20.8 Å². The molecule has 1 aromatic rings. The van der Waals surface area contributed by atoms with Crippen molar-refractivity contribution in [2.24, 2.45) is 14.1 Å². The van der Waals surface area contributed by atoms with E-state index in [2.05, 4.69) is 0 Å². The first-order valence-corrected chi connectivity index (χ1v) is 9.53. The maximum atomic E-state index is 12.8. The van der Waals surface area contributed by atoms with Gasteiger partial charge < -0.3 is 14.2 Å². The van der Waals surface area contributed by atoms with E-state index in [-0.39, 0.29) is 26.2 Å². The second kappa shape index (κ2) is 6.88. The van der Waals surface area contributed by atoms with Gasteiger partial charge in [-0.3, -0.25) is 9.36 Å². The molecule has 1 amide bonds. The number of amides is 1. The molecule has 11 heteroatoms. The van der Waals surface area contributed by atoms with Gasteiger partial charge in [0.15, 0.2) is 4.90 Å². The van der Waals surface area contributed by atoms with Crippen molar-refractivity contribution in [1.29, 1.82) is 0 Å². The largest absolute Gasteiger partial charge is 0.444 e. The number of carbonyl (C=O) groups is 1. The summed E-state index contributed by atoms with van der Waals surface area (Å²) in [5.74, 6) is 0. The molecule has 1 fully saturated rings. The van der Waals surface area contributed by atoms with E-state index in [1.54, 1.807) is 20.8 Å². The minimum absolute atomic E-state index is 0.0353. The molecule has 26 heavy (non-hydrogen) atoms. The van der Waals surface area contributed by atoms with Crippen LogP contribution < -0.4 is 11.2 Å². The van der Waals surface area contributed by atoms with Gasteiger partial charge in [-0.15, -0.1) is 0 Å². The summed E-state index contributed by atoms with van der Waals surface area (Å²) in [6.07, 6.45) is 0.521. The molecule has 0 unspecified atom stereocenters. The van der Waals surface area contributed by atoms with Crippen LogP contribution in [0.4, 0.5) is 4.79 Å². The molecule has 0 bridgehead atoms. The van der Waals surface area contributed by atoms with Crippen molar-refractivity contribution in [2.45, 2.75) is 31.3 Å². The molecule has 10 nitrogen and oxygen atoms in total. The Morgan fingerprint density at radius 2 is 1.62 bits per heavy atom. The van der Waals surface area contributed by atoms with Gasteiger partial charge in [-0.1, -0.05) is 0 Å². The summed E-state index contributed by atoms with van der Waals surface area (Å²) in [7, 11) is -1.47. The molecule has 0 atom stereocenters. The first-order chi connectivity index (χ1) is 11.8. The summed E-state index contributed by atoms with van der Waals surface area (Å²) in [6.45, 7) is 5.63. The van der Waals surface area contributed by atoms with Gasteiger partial charge in [-0.25, -0.2) is 18.0 Å². The Labute approximate surface area is 151 Å². The molecule has 0 radical (unpaired) electrons. The molecule has 2 heterocycles. The molecule has 1 aliphatic heterocycles. The van der Waals surface area contributed by atoms with Crippen molar-refractivity contribution in [2.75, 3.05) is 26.2 Å². The molecule has 1 aromatic heterocycles. The van der Waals surface area contributed by atoms with E-state index in [1.807, 2.05) is 0 Å². The zero-order chi connectivity index (χ0) is 19.9. The van der Waals surface area contributed by atoms with Crippen LogP contribution in [-0.4, -0.2) is 64.6 Å². The zero-order valence-electron chi connectivity index (χ0n) is 15.6. The van der Waals surface area contributed by atoms with E-state index in [0.717, 1.165) is 19.6 Å². The molecule has 0 spiro atoms. The predicted octanol–water partition coefficient (Wildman–Crippen LogP) is -0.675. The van der Waals surface area contributed by atoms with E-state index < -0.39 is 37.9 Å². The summed E-state index contributed by atoms with van der Waals surface area (Å²) in [5, 5.41) is 0. The Kier molecular flexibility index (Phi) is 5.34. The minimum Gasteiger partial charge on any atom is -0.444 e. The maximum absolute atomic E-state index is 12.8. The van der Waals surface area contributed by atoms with Gasteiger partial charge in [0.25, 0.3) is 5.56 Å². The number of hydrogen-bond acceptors (Lipinski definition) is 6. The lowest BCUT2D eigenvalue weighted by Gasteiger charge is -2.34. The summed E-state index contributed by atoms with van der Waals surface area (Å²) in [5.41, 5.74) is -2.12. The van der Waals surface area contributed by atoms with Crippen molar-refractivity contribution in [3.05, 3.63) is 27.0 Å². The van der Waals surface area contributed by atoms with Crippen molar-refractivity contribution >= 4 is 16.1 Å². The van der Waals surface area contributed by atoms with Gasteiger partial charge in [0.2, 0.25) is 10.0 Å². The molecule has 0 saturated carbocycles. The van der Waals surface area contributed by atoms with Gasteiger partial charge in [-0.05, 0) is 20.8 Å². The monoisotopic (exact) mass is 388 g/mol. The fourth-order valence-electron chi connectivity index (χ4n) is 2.53. The van der Waals surface area contributed by atoms with Crippen molar-refractivity contribution < 1.29 is 17.9 Å². The van der Waals surface area contributed by atoms with Crippen molar-refractivity contribution in [1.82, 2.24) is 18.3 Å². The Balaban J connectivity index is 2.20. The van der Waals surface area contributed by atoms with E-state index in [9.17, 15) is 22.8 Å². The molecule has 1 aliphatic rings. The van der Waals surface area contributed by atoms with Gasteiger partial charge in [-0.2, -0.15) is 4.31 Å². The fourth-order valence-corrected chi connectivity index (χ4v) is 4.10. The highest BCUT2D eigenvalue weighted by Gasteiger charge is 2.34. The number of carbonyl (C=O) groups excluding carboxylic acids is 1. The number of piperazine rings is 1. The van der Waals surface area contributed by atoms with Crippen LogP contribution in [0.5, 0.6) is 0 Å². The summed E-state index contributed by atoms with van der Waals surface area (Å²) in [6, 6.07) is 0. The third-order valence-electron chi connectivity index (χ3n) is 3.92. The molecule has 2 rings (SSSR count). The van der Waals surface area contributed by atoms with Gasteiger partial charge in [0.05, 0.1) is 0 Å². The normalized spacial score (nSPS) is 16.6. The zero-order valence-corrected chi connectivity index (χ0v) is 16.4. The first-order valence-electron chi connectivity index (χ1n) is 8.09. The van der Waals surface area contributed by atoms with Crippen LogP contribution in [0.15, 0.2) is 20.7 Å². The highest BCUT2D eigenvalue weighted by Crippen LogP contribution is 2.16. The van der Waals surface area contributed by atoms with Crippen molar-refractivity contribution in [3.63, 3.8) is 0 Å². The standard InChI is InChI=1S/C15H24N4O6S/c1-15(2,3)25-14(22)18-6-8-19(9-7-18)26(23,24)11-10-16(4)13(21)17(5)12(11)20/h10H,6-9H2,1-5H3. The SMILES string of the molecule is Cn1cc(S(=O)(=O)N2CCN(C(=O)OC(C)(C)C)CC2)c(=O)n(C)c1=O. The second-order valence-corrected chi connectivity index (χ2v) is 9.03. The minimum atomic E-state index is -4.08. The van der Waals surface area contributed by atoms with Crippen LogP contribution in [0.3, 0.4) is 0 Å². The van der Waals surface area contributed by atoms with Crippen LogP contribution in [0.2, 0.25) is 0 Å². The Bertz CT molecular complexity index is 917. The van der Waals surface area contributed by atoms with E-state index in [0.29, 0.717) is 0 Å². The lowest BCUT2D eigenvalue weighted by Crippen LogP contribution is -2.52. The highest BCUT2D eigenvalue weighted by molar-refractivity contribution is 7.89. The average molecular weight is 388 g/mol. The number of hydrogen-bond donors (Lipinski definition) is 0. The molecule has 0 aromatic carbocycles. The number of sulfonamides is 1. The Morgan fingerprint density at radius 1 is 1.08 bits per heavy atom. The summed E-state index contributed by atoms with van der Waals surface area (Å²) in [4.78, 5) is 37.0. The van der Waals surface area contributed by atoms with Crippen LogP contribution in [0, 0.1) is 0 Å². The fraction of sp³-hybridized carbons (Fsp3) is 0.667. The van der Waals surface area contributed by atoms with Crippen LogP contribution >= 0.6 is 0 Å². The smallest absolute Gasteiger partial charge is 0.410 e. The quantitative estimate of drug-likeness (QED) is 0.664. The lowest BCUT2D eigenvalue weighted by molar-refractivity contribution is 0.0192. The number of nitrogens with zero attached hydrogens (tertiary/aromatic N) is 4. The number of aromatic nitrogens is 2. The number of ether oxygens (including phenoxy) is 1. The average Bonchev–Trinajstić information content (AvgIpc) is 2.54. The van der Waals surface area contributed by atoms with Crippen LogP contribution in [-0.2, 0) is 28.9 Å². The third-order valence-corrected chi connectivity index (χ3v) is 5.80. The van der Waals surface area contributed by atoms with Gasteiger partial charge in [0.1, 0.15) is 5.60 Å². The van der Waals surface area contributed by atoms with Gasteiger partial charge >= 0.3 is 11.8 Å². The van der Waals surface area contributed by atoms with E-state index in [4.69, 9.17) is 4.74 Å².